The largest absolute Gasteiger partial charge is 0.485 e. The molecule has 320 valence electrons. The molecule has 10 aromatic rings. The Labute approximate surface area is 391 Å². The van der Waals surface area contributed by atoms with Crippen LogP contribution in [-0.2, 0) is 22.7 Å². The number of nitrogens with zero attached hydrogens (tertiary/aromatic N) is 2. The maximum Gasteiger partial charge on any atom is 0.333 e. The van der Waals surface area contributed by atoms with Gasteiger partial charge in [0.2, 0.25) is 0 Å². The lowest BCUT2D eigenvalue weighted by Crippen LogP contribution is -2.60. The minimum absolute atomic E-state index is 0.0269. The fraction of sp³-hybridized carbons (Fsp3) is 0.213. The van der Waals surface area contributed by atoms with Gasteiger partial charge in [-0.2, -0.15) is 0 Å². The van der Waals surface area contributed by atoms with Gasteiger partial charge >= 0.3 is 6.85 Å². The Balaban J connectivity index is 1.09. The highest BCUT2D eigenvalue weighted by Crippen LogP contribution is 2.55. The van der Waals surface area contributed by atoms with E-state index in [1.54, 1.807) is 0 Å². The fourth-order valence-electron chi connectivity index (χ4n) is 12.3. The van der Waals surface area contributed by atoms with E-state index in [-0.39, 0.29) is 29.2 Å². The molecule has 1 atom stereocenters. The van der Waals surface area contributed by atoms with Crippen molar-refractivity contribution >= 4 is 82.5 Å². The van der Waals surface area contributed by atoms with E-state index in [1.807, 2.05) is 11.3 Å². The highest BCUT2D eigenvalue weighted by atomic mass is 32.1. The Morgan fingerprint density at radius 2 is 1.32 bits per heavy atom. The van der Waals surface area contributed by atoms with Gasteiger partial charge in [0.05, 0.1) is 11.0 Å². The highest BCUT2D eigenvalue weighted by Gasteiger charge is 2.47. The van der Waals surface area contributed by atoms with E-state index in [9.17, 15) is 0 Å². The topological polar surface area (TPSA) is 17.4 Å². The number of fused-ring (bicyclic) bond motifs is 15. The average molecular weight is 871 g/mol. The number of benzene rings is 8. The van der Waals surface area contributed by atoms with Gasteiger partial charge in [-0.15, -0.1) is 11.3 Å². The van der Waals surface area contributed by atoms with Crippen molar-refractivity contribution < 1.29 is 4.74 Å². The van der Waals surface area contributed by atoms with Gasteiger partial charge in [-0.1, -0.05) is 146 Å². The third kappa shape index (κ3) is 5.15. The average Bonchev–Trinajstić information content (AvgIpc) is 4.04. The number of ether oxygens (including phenoxy) is 1. The SMILES string of the molecule is CC(C)(C)c1ccc(N2B3c4cc5c(cc4-n4c6cc7sc8ccccc8c7cc6c6ccc(c3c64)-c3cc4c(cc32)C(C)(C)c2cc(C(C)(C)C)ccc2-4)CC(c2ccccc2)O5)cc1. The molecule has 1 unspecified atom stereocenters. The molecule has 0 amide bonds. The Morgan fingerprint density at radius 3 is 2.11 bits per heavy atom. The molecule has 0 radical (unpaired) electrons. The summed E-state index contributed by atoms with van der Waals surface area (Å²) in [6.45, 7) is 18.7. The number of thiophene rings is 1. The van der Waals surface area contributed by atoms with E-state index in [1.165, 1.54) is 126 Å². The van der Waals surface area contributed by atoms with E-state index in [0.717, 1.165) is 12.2 Å². The highest BCUT2D eigenvalue weighted by molar-refractivity contribution is 7.25. The predicted molar refractivity (Wildman–Crippen MR) is 281 cm³/mol. The Hall–Kier alpha value is -6.56. The zero-order valence-electron chi connectivity index (χ0n) is 38.9. The number of hydrogen-bond donors (Lipinski definition) is 0. The Kier molecular flexibility index (Phi) is 7.54. The summed E-state index contributed by atoms with van der Waals surface area (Å²) < 4.78 is 12.3. The molecule has 14 rings (SSSR count). The third-order valence-electron chi connectivity index (χ3n) is 15.8. The van der Waals surface area contributed by atoms with Crippen molar-refractivity contribution in [1.29, 1.82) is 0 Å². The number of aromatic nitrogens is 1. The van der Waals surface area contributed by atoms with Crippen LogP contribution in [0.25, 0.3) is 69.9 Å². The third-order valence-corrected chi connectivity index (χ3v) is 16.9. The molecule has 8 aromatic carbocycles. The first-order chi connectivity index (χ1) is 31.7. The van der Waals surface area contributed by atoms with Crippen LogP contribution in [0.1, 0.15) is 94.9 Å². The summed E-state index contributed by atoms with van der Waals surface area (Å²) in [6, 6.07) is 56.4. The summed E-state index contributed by atoms with van der Waals surface area (Å²) >= 11 is 1.90. The van der Waals surface area contributed by atoms with Gasteiger partial charge in [-0.3, -0.25) is 0 Å². The molecule has 0 bridgehead atoms. The van der Waals surface area contributed by atoms with Gasteiger partial charge in [-0.25, -0.2) is 0 Å². The predicted octanol–water partition coefficient (Wildman–Crippen LogP) is 15.0. The van der Waals surface area contributed by atoms with Crippen LogP contribution in [0.3, 0.4) is 0 Å². The minimum atomic E-state index is -0.179. The van der Waals surface area contributed by atoms with Crippen molar-refractivity contribution in [2.24, 2.45) is 0 Å². The van der Waals surface area contributed by atoms with Crippen LogP contribution in [0.4, 0.5) is 11.4 Å². The molecule has 66 heavy (non-hydrogen) atoms. The molecule has 0 saturated carbocycles. The summed E-state index contributed by atoms with van der Waals surface area (Å²) in [5, 5.41) is 5.28. The van der Waals surface area contributed by atoms with E-state index in [4.69, 9.17) is 4.74 Å². The van der Waals surface area contributed by atoms with Gasteiger partial charge in [0, 0.05) is 71.0 Å². The summed E-state index contributed by atoms with van der Waals surface area (Å²) in [5.74, 6) is 0.997. The number of anilines is 2. The van der Waals surface area contributed by atoms with Gasteiger partial charge in [0.15, 0.2) is 0 Å². The van der Waals surface area contributed by atoms with Crippen molar-refractivity contribution in [1.82, 2.24) is 4.57 Å². The summed E-state index contributed by atoms with van der Waals surface area (Å²) in [5.41, 5.74) is 22.2. The van der Waals surface area contributed by atoms with E-state index < -0.39 is 0 Å². The second kappa shape index (κ2) is 12.9. The first-order valence-corrected chi connectivity index (χ1v) is 24.6. The van der Waals surface area contributed by atoms with E-state index >= 15 is 0 Å². The second-order valence-electron chi connectivity index (χ2n) is 22.1. The summed E-state index contributed by atoms with van der Waals surface area (Å²) in [6.07, 6.45) is 0.813. The first-order valence-electron chi connectivity index (χ1n) is 23.8. The molecular weight excluding hydrogens is 820 g/mol. The van der Waals surface area contributed by atoms with Crippen molar-refractivity contribution in [3.63, 3.8) is 0 Å². The van der Waals surface area contributed by atoms with Crippen LogP contribution in [0.5, 0.6) is 5.75 Å². The van der Waals surface area contributed by atoms with Gasteiger partial charge in [0.25, 0.3) is 0 Å². The fourth-order valence-corrected chi connectivity index (χ4v) is 13.4. The van der Waals surface area contributed by atoms with Crippen molar-refractivity contribution in [3.05, 3.63) is 179 Å². The molecule has 2 aromatic heterocycles. The van der Waals surface area contributed by atoms with Crippen LogP contribution in [0.15, 0.2) is 146 Å². The van der Waals surface area contributed by atoms with Crippen LogP contribution in [-0.4, -0.2) is 11.4 Å². The number of rotatable bonds is 2. The van der Waals surface area contributed by atoms with Gasteiger partial charge in [-0.05, 0) is 121 Å². The second-order valence-corrected chi connectivity index (χ2v) is 23.2. The van der Waals surface area contributed by atoms with Crippen molar-refractivity contribution in [2.45, 2.75) is 84.2 Å². The molecule has 3 nitrogen and oxygen atoms in total. The maximum atomic E-state index is 7.02. The molecular formula is C61H51BN2OS. The van der Waals surface area contributed by atoms with Crippen molar-refractivity contribution in [3.8, 4) is 33.7 Å². The van der Waals surface area contributed by atoms with E-state index in [0.29, 0.717) is 0 Å². The quantitative estimate of drug-likeness (QED) is 0.161. The smallest absolute Gasteiger partial charge is 0.333 e. The lowest BCUT2D eigenvalue weighted by atomic mass is 9.44. The monoisotopic (exact) mass is 870 g/mol. The maximum absolute atomic E-state index is 7.02. The van der Waals surface area contributed by atoms with Gasteiger partial charge < -0.3 is 14.1 Å². The molecule has 3 aliphatic heterocycles. The van der Waals surface area contributed by atoms with Crippen LogP contribution in [0.2, 0.25) is 0 Å². The molecule has 0 spiro atoms. The Bertz CT molecular complexity index is 3770. The zero-order valence-corrected chi connectivity index (χ0v) is 39.7. The van der Waals surface area contributed by atoms with Crippen LogP contribution in [0, 0.1) is 0 Å². The van der Waals surface area contributed by atoms with Gasteiger partial charge in [0.1, 0.15) is 11.9 Å². The lowest BCUT2D eigenvalue weighted by molar-refractivity contribution is 0.239. The molecule has 0 fully saturated rings. The summed E-state index contributed by atoms with van der Waals surface area (Å²) in [4.78, 5) is 2.70. The van der Waals surface area contributed by atoms with Crippen LogP contribution >= 0.6 is 11.3 Å². The van der Waals surface area contributed by atoms with Crippen LogP contribution < -0.4 is 20.5 Å². The standard InChI is InChI=1S/C61H51BN2OS/c1-59(2,3)36-18-21-38(22-19-36)64-51-31-48-43(39-23-20-37(60(4,5)6)28-47(39)61(48,7)8)29-44(51)41-24-25-42-45-30-46-40-16-12-13-17-55(40)66-56(46)33-50(45)63-52-26-35-27-53(34-14-10-9-11-15-34)65-54(35)32-49(52)62(64)57(41)58(42)63/h9-26,28-33,53H,27H2,1-8H3. The molecule has 5 heterocycles. The zero-order chi connectivity index (χ0) is 44.8. The Morgan fingerprint density at radius 1 is 0.591 bits per heavy atom. The minimum Gasteiger partial charge on any atom is -0.485 e. The molecule has 0 N–H and O–H groups in total. The lowest BCUT2D eigenvalue weighted by Gasteiger charge is -2.42. The first kappa shape index (κ1) is 38.7. The molecule has 4 aliphatic rings. The molecule has 1 aliphatic carbocycles. The van der Waals surface area contributed by atoms with E-state index in [2.05, 4.69) is 210 Å². The molecule has 0 saturated heterocycles. The summed E-state index contributed by atoms with van der Waals surface area (Å²) in [7, 11) is 0. The number of hydrogen-bond acceptors (Lipinski definition) is 3. The normalized spacial score (nSPS) is 16.5. The molecule has 5 heteroatoms. The van der Waals surface area contributed by atoms with Crippen molar-refractivity contribution in [2.75, 3.05) is 4.81 Å².